The highest BCUT2D eigenvalue weighted by atomic mass is 16.6. The third-order valence-corrected chi connectivity index (χ3v) is 5.77. The molecule has 1 aliphatic heterocycles. The van der Waals surface area contributed by atoms with Crippen LogP contribution in [-0.2, 0) is 16.0 Å². The summed E-state index contributed by atoms with van der Waals surface area (Å²) in [5.74, 6) is 1.13. The summed E-state index contributed by atoms with van der Waals surface area (Å²) in [5.41, 5.74) is 4.19. The number of aryl methyl sites for hydroxylation is 1. The standard InChI is InChI=1S/C27H28N2O6/c1-3-33-27(32)29-16-21(15-25(30)31)23(17-29)19-9-11-22(12-10-19)34-14-13-24-18(2)35-26(28-24)20-7-5-4-6-8-20/h4-12H,3,13-17H2,1-2H3,(H,30,31). The Morgan fingerprint density at radius 3 is 2.49 bits per heavy atom. The molecule has 0 radical (unpaired) electrons. The highest BCUT2D eigenvalue weighted by Crippen LogP contribution is 2.30. The second-order valence-electron chi connectivity index (χ2n) is 8.22. The zero-order chi connectivity index (χ0) is 24.8. The van der Waals surface area contributed by atoms with Crippen LogP contribution in [0.15, 0.2) is 64.6 Å². The summed E-state index contributed by atoms with van der Waals surface area (Å²) in [4.78, 5) is 29.6. The number of ether oxygens (including phenoxy) is 2. The highest BCUT2D eigenvalue weighted by Gasteiger charge is 2.28. The van der Waals surface area contributed by atoms with Gasteiger partial charge >= 0.3 is 12.1 Å². The normalized spacial score (nSPS) is 13.3. The Morgan fingerprint density at radius 2 is 1.80 bits per heavy atom. The van der Waals surface area contributed by atoms with Gasteiger partial charge in [0.2, 0.25) is 5.89 Å². The first-order valence-electron chi connectivity index (χ1n) is 11.5. The van der Waals surface area contributed by atoms with E-state index in [2.05, 4.69) is 4.98 Å². The lowest BCUT2D eigenvalue weighted by molar-refractivity contribution is -0.136. The third kappa shape index (κ3) is 5.90. The van der Waals surface area contributed by atoms with Crippen LogP contribution in [0.25, 0.3) is 17.0 Å². The Labute approximate surface area is 203 Å². The van der Waals surface area contributed by atoms with Gasteiger partial charge in [-0.25, -0.2) is 9.78 Å². The molecule has 2 aromatic carbocycles. The van der Waals surface area contributed by atoms with Crippen LogP contribution < -0.4 is 4.74 Å². The van der Waals surface area contributed by atoms with E-state index in [4.69, 9.17) is 13.9 Å². The van der Waals surface area contributed by atoms with Crippen LogP contribution in [0.3, 0.4) is 0 Å². The van der Waals surface area contributed by atoms with Gasteiger partial charge in [0.15, 0.2) is 0 Å². The van der Waals surface area contributed by atoms with E-state index in [1.54, 1.807) is 6.92 Å². The minimum atomic E-state index is -0.929. The van der Waals surface area contributed by atoms with Crippen LogP contribution in [0.5, 0.6) is 5.75 Å². The maximum atomic E-state index is 12.1. The summed E-state index contributed by atoms with van der Waals surface area (Å²) in [5, 5.41) is 9.29. The highest BCUT2D eigenvalue weighted by molar-refractivity contribution is 5.83. The maximum absolute atomic E-state index is 12.1. The Balaban J connectivity index is 1.38. The molecular weight excluding hydrogens is 448 g/mol. The molecule has 0 saturated heterocycles. The van der Waals surface area contributed by atoms with Gasteiger partial charge in [-0.1, -0.05) is 30.3 Å². The Bertz CT molecular complexity index is 1210. The van der Waals surface area contributed by atoms with Gasteiger partial charge in [0.1, 0.15) is 11.5 Å². The lowest BCUT2D eigenvalue weighted by Gasteiger charge is -2.15. The number of carboxylic acids is 1. The summed E-state index contributed by atoms with van der Waals surface area (Å²) in [6, 6.07) is 17.2. The van der Waals surface area contributed by atoms with Crippen molar-refractivity contribution in [3.8, 4) is 17.2 Å². The molecule has 0 spiro atoms. The van der Waals surface area contributed by atoms with Crippen molar-refractivity contribution in [2.75, 3.05) is 26.3 Å². The third-order valence-electron chi connectivity index (χ3n) is 5.77. The number of oxazole rings is 1. The van der Waals surface area contributed by atoms with Gasteiger partial charge < -0.3 is 19.0 Å². The molecule has 8 heteroatoms. The van der Waals surface area contributed by atoms with E-state index in [1.807, 2.05) is 61.5 Å². The number of carbonyl (C=O) groups is 2. The van der Waals surface area contributed by atoms with E-state index >= 15 is 0 Å². The molecule has 1 aromatic heterocycles. The minimum absolute atomic E-state index is 0.120. The molecule has 182 valence electrons. The molecule has 1 N–H and O–H groups in total. The number of nitrogens with zero attached hydrogens (tertiary/aromatic N) is 2. The maximum Gasteiger partial charge on any atom is 0.410 e. The van der Waals surface area contributed by atoms with Gasteiger partial charge in [0, 0.05) is 25.1 Å². The van der Waals surface area contributed by atoms with Gasteiger partial charge in [0.25, 0.3) is 0 Å². The fourth-order valence-electron chi connectivity index (χ4n) is 4.05. The number of rotatable bonds is 9. The summed E-state index contributed by atoms with van der Waals surface area (Å²) < 4.78 is 16.8. The Morgan fingerprint density at radius 1 is 1.06 bits per heavy atom. The van der Waals surface area contributed by atoms with Gasteiger partial charge in [-0.2, -0.15) is 0 Å². The molecule has 0 atom stereocenters. The van der Waals surface area contributed by atoms with E-state index in [0.717, 1.165) is 28.2 Å². The van der Waals surface area contributed by atoms with Crippen molar-refractivity contribution < 1.29 is 28.6 Å². The van der Waals surface area contributed by atoms with Crippen LogP contribution in [0.4, 0.5) is 4.79 Å². The molecule has 3 aromatic rings. The zero-order valence-electron chi connectivity index (χ0n) is 19.8. The van der Waals surface area contributed by atoms with Crippen molar-refractivity contribution in [3.05, 3.63) is 77.2 Å². The number of benzene rings is 2. The molecule has 35 heavy (non-hydrogen) atoms. The molecule has 4 rings (SSSR count). The quantitative estimate of drug-likeness (QED) is 0.465. The van der Waals surface area contributed by atoms with E-state index in [1.165, 1.54) is 4.90 Å². The Kier molecular flexibility index (Phi) is 7.50. The van der Waals surface area contributed by atoms with Crippen LogP contribution in [-0.4, -0.2) is 53.4 Å². The van der Waals surface area contributed by atoms with Gasteiger partial charge in [-0.05, 0) is 54.8 Å². The summed E-state index contributed by atoms with van der Waals surface area (Å²) >= 11 is 0. The van der Waals surface area contributed by atoms with Crippen molar-refractivity contribution >= 4 is 17.6 Å². The molecular formula is C27H28N2O6. The van der Waals surface area contributed by atoms with Crippen molar-refractivity contribution in [2.24, 2.45) is 0 Å². The number of amides is 1. The summed E-state index contributed by atoms with van der Waals surface area (Å²) in [7, 11) is 0. The van der Waals surface area contributed by atoms with E-state index < -0.39 is 12.1 Å². The number of carbonyl (C=O) groups excluding carboxylic acids is 1. The number of carboxylic acid groups (broad SMARTS) is 1. The number of hydrogen-bond acceptors (Lipinski definition) is 6. The smallest absolute Gasteiger partial charge is 0.410 e. The lowest BCUT2D eigenvalue weighted by Crippen LogP contribution is -2.30. The zero-order valence-corrected chi connectivity index (χ0v) is 19.8. The van der Waals surface area contributed by atoms with Crippen LogP contribution >= 0.6 is 0 Å². The average Bonchev–Trinajstić information content (AvgIpc) is 3.43. The molecule has 2 heterocycles. The number of hydrogen-bond donors (Lipinski definition) is 1. The molecule has 8 nitrogen and oxygen atoms in total. The molecule has 0 fully saturated rings. The molecule has 0 saturated carbocycles. The van der Waals surface area contributed by atoms with Crippen molar-refractivity contribution in [1.29, 1.82) is 0 Å². The van der Waals surface area contributed by atoms with E-state index in [9.17, 15) is 14.7 Å². The number of aliphatic carboxylic acids is 1. The first-order chi connectivity index (χ1) is 16.9. The first-order valence-corrected chi connectivity index (χ1v) is 11.5. The van der Waals surface area contributed by atoms with Gasteiger partial charge in [0.05, 0.1) is 25.3 Å². The molecule has 0 aliphatic carbocycles. The topological polar surface area (TPSA) is 102 Å². The number of aromatic nitrogens is 1. The van der Waals surface area contributed by atoms with Crippen molar-refractivity contribution in [3.63, 3.8) is 0 Å². The van der Waals surface area contributed by atoms with Crippen LogP contribution in [0.2, 0.25) is 0 Å². The predicted octanol–water partition coefficient (Wildman–Crippen LogP) is 4.97. The van der Waals surface area contributed by atoms with Gasteiger partial charge in [-0.3, -0.25) is 9.69 Å². The summed E-state index contributed by atoms with van der Waals surface area (Å²) in [6.07, 6.45) is 0.0431. The van der Waals surface area contributed by atoms with Crippen LogP contribution in [0.1, 0.15) is 30.4 Å². The second kappa shape index (κ2) is 10.9. The van der Waals surface area contributed by atoms with Crippen molar-refractivity contribution in [1.82, 2.24) is 9.88 Å². The monoisotopic (exact) mass is 476 g/mol. The minimum Gasteiger partial charge on any atom is -0.493 e. The SMILES string of the molecule is CCOC(=O)N1CC(CC(=O)O)=C(c2ccc(OCCc3nc(-c4ccccc4)oc3C)cc2)C1. The molecule has 0 unspecified atom stereocenters. The van der Waals surface area contributed by atoms with Crippen molar-refractivity contribution in [2.45, 2.75) is 26.7 Å². The largest absolute Gasteiger partial charge is 0.493 e. The van der Waals surface area contributed by atoms with E-state index in [-0.39, 0.29) is 19.6 Å². The fraction of sp³-hybridized carbons (Fsp3) is 0.296. The lowest BCUT2D eigenvalue weighted by atomic mass is 10.0. The van der Waals surface area contributed by atoms with Gasteiger partial charge in [-0.15, -0.1) is 0 Å². The van der Waals surface area contributed by atoms with Crippen LogP contribution in [0, 0.1) is 6.92 Å². The molecule has 1 amide bonds. The summed E-state index contributed by atoms with van der Waals surface area (Å²) in [6.45, 7) is 4.91. The Hall–Kier alpha value is -4.07. The predicted molar refractivity (Wildman–Crippen MR) is 130 cm³/mol. The average molecular weight is 477 g/mol. The fourth-order valence-corrected chi connectivity index (χ4v) is 4.05. The second-order valence-corrected chi connectivity index (χ2v) is 8.22. The first kappa shape index (κ1) is 24.1. The molecule has 1 aliphatic rings. The van der Waals surface area contributed by atoms with E-state index in [0.29, 0.717) is 36.8 Å². The molecule has 0 bridgehead atoms.